The molecule has 0 spiro atoms. The summed E-state index contributed by atoms with van der Waals surface area (Å²) in [6, 6.07) is -1.57. The van der Waals surface area contributed by atoms with Gasteiger partial charge in [-0.3, -0.25) is 4.79 Å². The molecule has 0 heterocycles. The number of rotatable bonds is 4. The Kier molecular flexibility index (Phi) is 3.98. The molecule has 0 radical (unpaired) electrons. The van der Waals surface area contributed by atoms with Crippen molar-refractivity contribution in [3.8, 4) is 0 Å². The number of nitrogens with two attached hydrogens (primary N) is 1. The van der Waals surface area contributed by atoms with Crippen molar-refractivity contribution in [2.24, 2.45) is 5.73 Å². The van der Waals surface area contributed by atoms with Crippen LogP contribution in [0, 0.1) is 0 Å². The van der Waals surface area contributed by atoms with Gasteiger partial charge in [-0.1, -0.05) is 0 Å². The van der Waals surface area contributed by atoms with Gasteiger partial charge in [0.05, 0.1) is 6.61 Å². The third-order valence-electron chi connectivity index (χ3n) is 1.23. The molecule has 11 heavy (non-hydrogen) atoms. The van der Waals surface area contributed by atoms with Crippen LogP contribution in [0.1, 0.15) is 0 Å². The molecule has 3 atom stereocenters. The van der Waals surface area contributed by atoms with Crippen LogP contribution in [0.25, 0.3) is 0 Å². The van der Waals surface area contributed by atoms with Crippen molar-refractivity contribution >= 4 is 5.97 Å². The lowest BCUT2D eigenvalue weighted by Gasteiger charge is -2.18. The van der Waals surface area contributed by atoms with Gasteiger partial charge in [-0.25, -0.2) is 0 Å². The van der Waals surface area contributed by atoms with Gasteiger partial charge in [-0.15, -0.1) is 0 Å². The van der Waals surface area contributed by atoms with Crippen molar-refractivity contribution in [2.75, 3.05) is 6.61 Å². The monoisotopic (exact) mass is 165 g/mol. The number of carboxylic acid groups (broad SMARTS) is 1. The lowest BCUT2D eigenvalue weighted by atomic mass is 10.1. The van der Waals surface area contributed by atoms with E-state index >= 15 is 0 Å². The largest absolute Gasteiger partial charge is 0.480 e. The zero-order valence-corrected chi connectivity index (χ0v) is 5.71. The van der Waals surface area contributed by atoms with E-state index in [0.29, 0.717) is 0 Å². The Hall–Kier alpha value is -0.690. The fourth-order valence-electron chi connectivity index (χ4n) is 0.493. The standard InChI is InChI=1S/C5H11NO5/c6-3(5(10)11)4(9)2(8)1-7/h2-4,7-9H,1,6H2,(H,10,11)/t2-,3-,4+/m0/s1. The molecule has 0 aromatic heterocycles. The summed E-state index contributed by atoms with van der Waals surface area (Å²) in [5, 5.41) is 34.0. The Morgan fingerprint density at radius 2 is 1.91 bits per heavy atom. The van der Waals surface area contributed by atoms with Crippen molar-refractivity contribution in [1.82, 2.24) is 0 Å². The molecule has 0 aromatic carbocycles. The second-order valence-electron chi connectivity index (χ2n) is 2.10. The van der Waals surface area contributed by atoms with Crippen LogP contribution < -0.4 is 5.73 Å². The molecular weight excluding hydrogens is 154 g/mol. The van der Waals surface area contributed by atoms with Gasteiger partial charge in [-0.2, -0.15) is 0 Å². The van der Waals surface area contributed by atoms with E-state index in [4.69, 9.17) is 26.2 Å². The number of hydrogen-bond acceptors (Lipinski definition) is 5. The third kappa shape index (κ3) is 2.81. The molecule has 0 fully saturated rings. The number of aliphatic carboxylic acids is 1. The van der Waals surface area contributed by atoms with Gasteiger partial charge >= 0.3 is 5.97 Å². The van der Waals surface area contributed by atoms with E-state index < -0.39 is 30.8 Å². The third-order valence-corrected chi connectivity index (χ3v) is 1.23. The summed E-state index contributed by atoms with van der Waals surface area (Å²) in [4.78, 5) is 10.1. The van der Waals surface area contributed by atoms with Crippen molar-refractivity contribution in [3.05, 3.63) is 0 Å². The van der Waals surface area contributed by atoms with Gasteiger partial charge in [0.25, 0.3) is 0 Å². The van der Waals surface area contributed by atoms with Gasteiger partial charge in [-0.05, 0) is 0 Å². The summed E-state index contributed by atoms with van der Waals surface area (Å²) in [5.41, 5.74) is 4.92. The van der Waals surface area contributed by atoms with Crippen molar-refractivity contribution in [1.29, 1.82) is 0 Å². The number of hydrogen-bond donors (Lipinski definition) is 5. The van der Waals surface area contributed by atoms with Crippen LogP contribution in [0.15, 0.2) is 0 Å². The van der Waals surface area contributed by atoms with Crippen molar-refractivity contribution in [2.45, 2.75) is 18.2 Å². The van der Waals surface area contributed by atoms with Gasteiger partial charge in [0.2, 0.25) is 0 Å². The number of carboxylic acids is 1. The quantitative estimate of drug-likeness (QED) is 0.304. The Bertz CT molecular complexity index is 139. The van der Waals surface area contributed by atoms with Gasteiger partial charge < -0.3 is 26.2 Å². The first-order valence-corrected chi connectivity index (χ1v) is 2.96. The average molecular weight is 165 g/mol. The Balaban J connectivity index is 4.00. The lowest BCUT2D eigenvalue weighted by Crippen LogP contribution is -2.49. The van der Waals surface area contributed by atoms with Crippen LogP contribution >= 0.6 is 0 Å². The van der Waals surface area contributed by atoms with Crippen LogP contribution in [0.4, 0.5) is 0 Å². The van der Waals surface area contributed by atoms with Crippen LogP contribution in [0.3, 0.4) is 0 Å². The smallest absolute Gasteiger partial charge is 0.323 e. The molecular formula is C5H11NO5. The highest BCUT2D eigenvalue weighted by molar-refractivity contribution is 5.73. The van der Waals surface area contributed by atoms with Crippen LogP contribution in [0.2, 0.25) is 0 Å². The fraction of sp³-hybridized carbons (Fsp3) is 0.800. The zero-order chi connectivity index (χ0) is 9.02. The Morgan fingerprint density at radius 1 is 1.45 bits per heavy atom. The molecule has 0 amide bonds. The second-order valence-corrected chi connectivity index (χ2v) is 2.10. The fourth-order valence-corrected chi connectivity index (χ4v) is 0.493. The van der Waals surface area contributed by atoms with Crippen LogP contribution in [-0.2, 0) is 4.79 Å². The molecule has 0 aliphatic rings. The molecule has 0 bridgehead atoms. The topological polar surface area (TPSA) is 124 Å². The second kappa shape index (κ2) is 4.24. The lowest BCUT2D eigenvalue weighted by molar-refractivity contribution is -0.144. The van der Waals surface area contributed by atoms with Gasteiger partial charge in [0, 0.05) is 0 Å². The molecule has 0 aliphatic heterocycles. The molecule has 6 nitrogen and oxygen atoms in total. The molecule has 0 unspecified atom stereocenters. The van der Waals surface area contributed by atoms with Crippen LogP contribution in [0.5, 0.6) is 0 Å². The zero-order valence-electron chi connectivity index (χ0n) is 5.71. The molecule has 66 valence electrons. The maximum Gasteiger partial charge on any atom is 0.323 e. The molecule has 6 N–H and O–H groups in total. The van der Waals surface area contributed by atoms with Gasteiger partial charge in [0.1, 0.15) is 18.2 Å². The molecule has 0 saturated carbocycles. The van der Waals surface area contributed by atoms with E-state index in [-0.39, 0.29) is 0 Å². The molecule has 0 rings (SSSR count). The first-order valence-electron chi connectivity index (χ1n) is 2.96. The number of aliphatic hydroxyl groups excluding tert-OH is 3. The molecule has 6 heteroatoms. The highest BCUT2D eigenvalue weighted by Crippen LogP contribution is 1.97. The summed E-state index contributed by atoms with van der Waals surface area (Å²) in [7, 11) is 0. The summed E-state index contributed by atoms with van der Waals surface area (Å²) in [5.74, 6) is -1.43. The predicted molar refractivity (Wildman–Crippen MR) is 34.7 cm³/mol. The minimum Gasteiger partial charge on any atom is -0.480 e. The molecule has 0 aromatic rings. The first kappa shape index (κ1) is 10.3. The summed E-state index contributed by atoms with van der Waals surface area (Å²) in [6.45, 7) is -0.720. The number of carbonyl (C=O) groups is 1. The van der Waals surface area contributed by atoms with E-state index in [2.05, 4.69) is 0 Å². The highest BCUT2D eigenvalue weighted by Gasteiger charge is 2.27. The summed E-state index contributed by atoms with van der Waals surface area (Å²) < 4.78 is 0. The highest BCUT2D eigenvalue weighted by atomic mass is 16.4. The SMILES string of the molecule is N[C@H](C(=O)O)[C@H](O)[C@@H](O)CO. The minimum absolute atomic E-state index is 0.720. The Labute approximate surface area is 62.9 Å². The van der Waals surface area contributed by atoms with Crippen LogP contribution in [-0.4, -0.2) is 51.3 Å². The normalized spacial score (nSPS) is 18.9. The molecule has 0 saturated heterocycles. The average Bonchev–Trinajstić information content (AvgIpc) is 2.00. The van der Waals surface area contributed by atoms with E-state index in [1.165, 1.54) is 0 Å². The predicted octanol–water partition coefficient (Wildman–Crippen LogP) is -2.89. The van der Waals surface area contributed by atoms with Crippen molar-refractivity contribution < 1.29 is 25.2 Å². The molecule has 0 aliphatic carbocycles. The van der Waals surface area contributed by atoms with E-state index in [0.717, 1.165) is 0 Å². The summed E-state index contributed by atoms with van der Waals surface area (Å²) in [6.07, 6.45) is -3.15. The van der Waals surface area contributed by atoms with E-state index in [1.54, 1.807) is 0 Å². The van der Waals surface area contributed by atoms with E-state index in [9.17, 15) is 4.79 Å². The number of aliphatic hydroxyl groups is 3. The van der Waals surface area contributed by atoms with Gasteiger partial charge in [0.15, 0.2) is 0 Å². The Morgan fingerprint density at radius 3 is 2.18 bits per heavy atom. The van der Waals surface area contributed by atoms with Crippen molar-refractivity contribution in [3.63, 3.8) is 0 Å². The minimum atomic E-state index is -1.64. The first-order chi connectivity index (χ1) is 5.00. The maximum absolute atomic E-state index is 10.1. The van der Waals surface area contributed by atoms with E-state index in [1.807, 2.05) is 0 Å². The summed E-state index contributed by atoms with van der Waals surface area (Å²) >= 11 is 0. The maximum atomic E-state index is 10.1.